The summed E-state index contributed by atoms with van der Waals surface area (Å²) >= 11 is 0. The van der Waals surface area contributed by atoms with Crippen LogP contribution in [0.25, 0.3) is 0 Å². The lowest BCUT2D eigenvalue weighted by Crippen LogP contribution is -2.41. The zero-order chi connectivity index (χ0) is 15.8. The normalized spacial score (nSPS) is 29.8. The first-order valence-electron chi connectivity index (χ1n) is 6.75. The predicted molar refractivity (Wildman–Crippen MR) is 69.1 cm³/mol. The first-order chi connectivity index (χ1) is 9.74. The molecule has 2 rings (SSSR count). The fraction of sp³-hybridized carbons (Fsp3) is 0.643. The summed E-state index contributed by atoms with van der Waals surface area (Å²) in [7, 11) is 1.45. The highest BCUT2D eigenvalue weighted by molar-refractivity contribution is 5.84. The largest absolute Gasteiger partial charge is 0.471 e. The van der Waals surface area contributed by atoms with E-state index in [0.717, 1.165) is 5.57 Å². The van der Waals surface area contributed by atoms with Gasteiger partial charge >= 0.3 is 12.1 Å². The van der Waals surface area contributed by atoms with Gasteiger partial charge in [0.1, 0.15) is 0 Å². The van der Waals surface area contributed by atoms with Crippen LogP contribution in [0.3, 0.4) is 0 Å². The van der Waals surface area contributed by atoms with Crippen molar-refractivity contribution in [2.45, 2.75) is 44.6 Å². The van der Waals surface area contributed by atoms with Gasteiger partial charge in [0.05, 0.1) is 12.2 Å². The molecule has 118 valence electrons. The zero-order valence-corrected chi connectivity index (χ0v) is 11.8. The van der Waals surface area contributed by atoms with Crippen LogP contribution in [0.15, 0.2) is 22.9 Å². The molecule has 1 amide bonds. The van der Waals surface area contributed by atoms with Crippen LogP contribution in [0.2, 0.25) is 0 Å². The van der Waals surface area contributed by atoms with E-state index in [1.54, 1.807) is 6.08 Å². The first-order valence-corrected chi connectivity index (χ1v) is 6.75. The molecule has 21 heavy (non-hydrogen) atoms. The molecule has 0 aromatic carbocycles. The number of hydrogen-bond donors (Lipinski definition) is 2. The third kappa shape index (κ3) is 3.29. The second-order valence-electron chi connectivity index (χ2n) is 5.46. The van der Waals surface area contributed by atoms with E-state index < -0.39 is 24.3 Å². The quantitative estimate of drug-likeness (QED) is 0.821. The molecule has 7 heteroatoms. The molecule has 1 unspecified atom stereocenters. The van der Waals surface area contributed by atoms with Gasteiger partial charge in [-0.3, -0.25) is 4.79 Å². The Morgan fingerprint density at radius 3 is 2.67 bits per heavy atom. The standard InChI is InChI=1S/C14H18F3NO3/c1-7-3-4-10(18-13(20)14(15,16)17)9-6-12(21-2)11(19)5-8(7)9/h4,7,11-12,19H,3,5-6H2,1-2H3,(H,18,20)/t7?,11-,12-/m1/s1. The van der Waals surface area contributed by atoms with Gasteiger partial charge in [0.25, 0.3) is 0 Å². The van der Waals surface area contributed by atoms with Crippen LogP contribution in [0.1, 0.15) is 26.2 Å². The lowest BCUT2D eigenvalue weighted by molar-refractivity contribution is -0.172. The Kier molecular flexibility index (Phi) is 4.43. The van der Waals surface area contributed by atoms with E-state index in [-0.39, 0.29) is 11.6 Å². The molecule has 0 aromatic rings. The van der Waals surface area contributed by atoms with Crippen molar-refractivity contribution in [1.82, 2.24) is 5.32 Å². The van der Waals surface area contributed by atoms with Crippen LogP contribution in [-0.2, 0) is 9.53 Å². The van der Waals surface area contributed by atoms with Gasteiger partial charge in [-0.1, -0.05) is 18.6 Å². The minimum absolute atomic E-state index is 0.138. The number of rotatable bonds is 2. The highest BCUT2D eigenvalue weighted by atomic mass is 19.4. The average Bonchev–Trinajstić information content (AvgIpc) is 2.40. The number of allylic oxidation sites excluding steroid dienone is 2. The number of carbonyl (C=O) groups is 1. The molecular weight excluding hydrogens is 287 g/mol. The molecule has 2 aliphatic carbocycles. The Balaban J connectivity index is 2.25. The smallest absolute Gasteiger partial charge is 0.390 e. The lowest BCUT2D eigenvalue weighted by Gasteiger charge is -2.36. The monoisotopic (exact) mass is 305 g/mol. The van der Waals surface area contributed by atoms with Gasteiger partial charge in [-0.25, -0.2) is 0 Å². The SMILES string of the molecule is CO[C@@H]1CC2=C(C[C@H]1O)C(C)CC=C2NC(=O)C(F)(F)F. The number of aliphatic hydroxyl groups excluding tert-OH is 1. The molecule has 4 nitrogen and oxygen atoms in total. The number of alkyl halides is 3. The molecule has 0 saturated heterocycles. The number of carbonyl (C=O) groups excluding carboxylic acids is 1. The highest BCUT2D eigenvalue weighted by Gasteiger charge is 2.41. The van der Waals surface area contributed by atoms with Crippen molar-refractivity contribution >= 4 is 5.91 Å². The number of hydrogen-bond acceptors (Lipinski definition) is 3. The number of methoxy groups -OCH3 is 1. The summed E-state index contributed by atoms with van der Waals surface area (Å²) < 4.78 is 42.3. The number of nitrogens with one attached hydrogen (secondary N) is 1. The van der Waals surface area contributed by atoms with E-state index in [2.05, 4.69) is 0 Å². The maximum Gasteiger partial charge on any atom is 0.471 e. The molecule has 0 radical (unpaired) electrons. The molecule has 0 aliphatic heterocycles. The van der Waals surface area contributed by atoms with Gasteiger partial charge in [0.15, 0.2) is 0 Å². The fourth-order valence-corrected chi connectivity index (χ4v) is 2.85. The number of aliphatic hydroxyl groups is 1. The van der Waals surface area contributed by atoms with E-state index in [4.69, 9.17) is 4.74 Å². The lowest BCUT2D eigenvalue weighted by atomic mass is 9.76. The Hall–Kier alpha value is -1.34. The summed E-state index contributed by atoms with van der Waals surface area (Å²) in [5, 5.41) is 11.9. The van der Waals surface area contributed by atoms with Crippen molar-refractivity contribution in [2.75, 3.05) is 7.11 Å². The maximum atomic E-state index is 12.4. The second kappa shape index (κ2) is 5.81. The Morgan fingerprint density at radius 2 is 2.10 bits per heavy atom. The van der Waals surface area contributed by atoms with Crippen molar-refractivity contribution < 1.29 is 27.8 Å². The summed E-state index contributed by atoms with van der Waals surface area (Å²) in [6.45, 7) is 1.95. The molecule has 3 atom stereocenters. The summed E-state index contributed by atoms with van der Waals surface area (Å²) in [5.41, 5.74) is 1.75. The fourth-order valence-electron chi connectivity index (χ4n) is 2.85. The van der Waals surface area contributed by atoms with Gasteiger partial charge in [0.2, 0.25) is 0 Å². The van der Waals surface area contributed by atoms with E-state index in [1.165, 1.54) is 7.11 Å². The van der Waals surface area contributed by atoms with Crippen molar-refractivity contribution in [1.29, 1.82) is 0 Å². The Labute approximate surface area is 120 Å². The minimum Gasteiger partial charge on any atom is -0.390 e. The molecule has 0 bridgehead atoms. The van der Waals surface area contributed by atoms with Crippen LogP contribution < -0.4 is 5.32 Å². The molecule has 0 spiro atoms. The summed E-state index contributed by atoms with van der Waals surface area (Å²) in [5.74, 6) is -1.84. The summed E-state index contributed by atoms with van der Waals surface area (Å²) in [4.78, 5) is 11.1. The van der Waals surface area contributed by atoms with Gasteiger partial charge in [0, 0.05) is 19.2 Å². The summed E-state index contributed by atoms with van der Waals surface area (Å²) in [6, 6.07) is 0. The molecular formula is C14H18F3NO3. The van der Waals surface area contributed by atoms with Crippen molar-refractivity contribution in [3.05, 3.63) is 22.9 Å². The van der Waals surface area contributed by atoms with Crippen LogP contribution in [0.4, 0.5) is 13.2 Å². The highest BCUT2D eigenvalue weighted by Crippen LogP contribution is 2.39. The number of halogens is 3. The van der Waals surface area contributed by atoms with Gasteiger partial charge < -0.3 is 15.2 Å². The van der Waals surface area contributed by atoms with Crippen LogP contribution in [-0.4, -0.2) is 36.5 Å². The predicted octanol–water partition coefficient (Wildman–Crippen LogP) is 2.05. The minimum atomic E-state index is -4.92. The topological polar surface area (TPSA) is 58.6 Å². The van der Waals surface area contributed by atoms with Gasteiger partial charge in [-0.15, -0.1) is 0 Å². The first kappa shape index (κ1) is 16.0. The van der Waals surface area contributed by atoms with Gasteiger partial charge in [-0.05, 0) is 24.3 Å². The summed E-state index contributed by atoms with van der Waals surface area (Å²) in [6.07, 6.45) is -3.27. The molecule has 0 fully saturated rings. The van der Waals surface area contributed by atoms with Gasteiger partial charge in [-0.2, -0.15) is 13.2 Å². The number of ether oxygens (including phenoxy) is 1. The number of amides is 1. The van der Waals surface area contributed by atoms with Crippen molar-refractivity contribution in [3.8, 4) is 0 Å². The van der Waals surface area contributed by atoms with E-state index in [0.29, 0.717) is 24.8 Å². The Bertz CT molecular complexity index is 496. The van der Waals surface area contributed by atoms with E-state index >= 15 is 0 Å². The third-order valence-electron chi connectivity index (χ3n) is 4.06. The second-order valence-corrected chi connectivity index (χ2v) is 5.46. The molecule has 2 aliphatic rings. The Morgan fingerprint density at radius 1 is 1.43 bits per heavy atom. The van der Waals surface area contributed by atoms with Crippen LogP contribution in [0, 0.1) is 5.92 Å². The molecule has 0 heterocycles. The van der Waals surface area contributed by atoms with Crippen molar-refractivity contribution in [3.63, 3.8) is 0 Å². The molecule has 2 N–H and O–H groups in total. The van der Waals surface area contributed by atoms with Crippen molar-refractivity contribution in [2.24, 2.45) is 5.92 Å². The van der Waals surface area contributed by atoms with Crippen LogP contribution in [0.5, 0.6) is 0 Å². The average molecular weight is 305 g/mol. The third-order valence-corrected chi connectivity index (χ3v) is 4.06. The molecule has 0 saturated carbocycles. The maximum absolute atomic E-state index is 12.4. The van der Waals surface area contributed by atoms with E-state index in [1.807, 2.05) is 12.2 Å². The molecule has 0 aromatic heterocycles. The van der Waals surface area contributed by atoms with E-state index in [9.17, 15) is 23.1 Å². The zero-order valence-electron chi connectivity index (χ0n) is 11.8. The van der Waals surface area contributed by atoms with Crippen LogP contribution >= 0.6 is 0 Å².